The summed E-state index contributed by atoms with van der Waals surface area (Å²) >= 11 is 0. The van der Waals surface area contributed by atoms with Crippen molar-refractivity contribution in [2.75, 3.05) is 45.8 Å². The zero-order valence-electron chi connectivity index (χ0n) is 8.51. The van der Waals surface area contributed by atoms with Gasteiger partial charge in [0.2, 0.25) is 5.91 Å². The minimum Gasteiger partial charge on any atom is -0.369 e. The fourth-order valence-electron chi connectivity index (χ4n) is 0.917. The van der Waals surface area contributed by atoms with Crippen LogP contribution in [0.5, 0.6) is 0 Å². The van der Waals surface area contributed by atoms with Crippen molar-refractivity contribution < 1.29 is 4.79 Å². The molecule has 0 aliphatic carbocycles. The summed E-state index contributed by atoms with van der Waals surface area (Å²) < 4.78 is 0. The molecule has 7 N–H and O–H groups in total. The van der Waals surface area contributed by atoms with Gasteiger partial charge < -0.3 is 27.4 Å². The van der Waals surface area contributed by atoms with Crippen LogP contribution in [0.25, 0.3) is 0 Å². The first-order valence-corrected chi connectivity index (χ1v) is 4.88. The smallest absolute Gasteiger partial charge is 0.231 e. The number of amides is 1. The summed E-state index contributed by atoms with van der Waals surface area (Å²) in [4.78, 5) is 10.3. The molecule has 0 spiro atoms. The Labute approximate surface area is 84.8 Å². The van der Waals surface area contributed by atoms with Crippen LogP contribution in [0.4, 0.5) is 0 Å². The van der Waals surface area contributed by atoms with E-state index in [0.717, 1.165) is 32.7 Å². The number of nitrogens with two attached hydrogens (primary N) is 2. The van der Waals surface area contributed by atoms with Crippen LogP contribution in [-0.4, -0.2) is 51.7 Å². The van der Waals surface area contributed by atoms with E-state index in [2.05, 4.69) is 16.0 Å². The van der Waals surface area contributed by atoms with E-state index in [9.17, 15) is 4.79 Å². The highest BCUT2D eigenvalue weighted by Crippen LogP contribution is 1.61. The van der Waals surface area contributed by atoms with Gasteiger partial charge in [-0.15, -0.1) is 0 Å². The topological polar surface area (TPSA) is 105 Å². The minimum atomic E-state index is -0.324. The fourth-order valence-corrected chi connectivity index (χ4v) is 0.917. The van der Waals surface area contributed by atoms with Gasteiger partial charge in [0.1, 0.15) is 0 Å². The normalized spacial score (nSPS) is 10.4. The van der Waals surface area contributed by atoms with E-state index in [1.165, 1.54) is 0 Å². The van der Waals surface area contributed by atoms with E-state index >= 15 is 0 Å². The predicted octanol–water partition coefficient (Wildman–Crippen LogP) is -2.80. The fraction of sp³-hybridized carbons (Fsp3) is 0.875. The highest BCUT2D eigenvalue weighted by molar-refractivity contribution is 5.75. The van der Waals surface area contributed by atoms with Crippen LogP contribution in [0, 0.1) is 0 Å². The maximum absolute atomic E-state index is 10.3. The van der Waals surface area contributed by atoms with Gasteiger partial charge >= 0.3 is 0 Å². The van der Waals surface area contributed by atoms with Crippen molar-refractivity contribution in [1.82, 2.24) is 16.0 Å². The highest BCUT2D eigenvalue weighted by atomic mass is 16.1. The zero-order chi connectivity index (χ0) is 10.6. The number of hydrogen-bond acceptors (Lipinski definition) is 5. The number of primary amides is 1. The van der Waals surface area contributed by atoms with E-state index in [-0.39, 0.29) is 12.5 Å². The van der Waals surface area contributed by atoms with Gasteiger partial charge in [-0.1, -0.05) is 0 Å². The molecule has 0 unspecified atom stereocenters. The van der Waals surface area contributed by atoms with Crippen molar-refractivity contribution in [2.45, 2.75) is 0 Å². The van der Waals surface area contributed by atoms with Gasteiger partial charge in [-0.05, 0) is 0 Å². The Kier molecular flexibility index (Phi) is 9.88. The van der Waals surface area contributed by atoms with Gasteiger partial charge in [-0.25, -0.2) is 0 Å². The minimum absolute atomic E-state index is 0.243. The van der Waals surface area contributed by atoms with Crippen molar-refractivity contribution in [3.05, 3.63) is 0 Å². The molecule has 6 nitrogen and oxygen atoms in total. The lowest BCUT2D eigenvalue weighted by atomic mass is 10.5. The van der Waals surface area contributed by atoms with Crippen molar-refractivity contribution in [2.24, 2.45) is 11.5 Å². The maximum atomic E-state index is 10.3. The highest BCUT2D eigenvalue weighted by Gasteiger charge is 1.91. The van der Waals surface area contributed by atoms with Crippen LogP contribution >= 0.6 is 0 Å². The number of carbonyl (C=O) groups excluding carboxylic acids is 1. The number of carbonyl (C=O) groups is 1. The maximum Gasteiger partial charge on any atom is 0.231 e. The molecule has 0 radical (unpaired) electrons. The number of rotatable bonds is 10. The molecule has 0 bridgehead atoms. The van der Waals surface area contributed by atoms with Gasteiger partial charge in [0.15, 0.2) is 0 Å². The third-order valence-corrected chi connectivity index (χ3v) is 1.58. The standard InChI is InChI=1S/C8H21N5O/c9-1-2-11-3-4-12-5-6-13-7-8(10)14/h11-13H,1-7,9H2,(H2,10,14). The predicted molar refractivity (Wildman–Crippen MR) is 56.9 cm³/mol. The monoisotopic (exact) mass is 203 g/mol. The van der Waals surface area contributed by atoms with Crippen molar-refractivity contribution in [3.63, 3.8) is 0 Å². The molecule has 0 heterocycles. The molecule has 6 heteroatoms. The van der Waals surface area contributed by atoms with Crippen molar-refractivity contribution in [1.29, 1.82) is 0 Å². The van der Waals surface area contributed by atoms with Gasteiger partial charge in [0, 0.05) is 39.3 Å². The number of nitrogens with one attached hydrogen (secondary N) is 3. The molecule has 0 aliphatic heterocycles. The van der Waals surface area contributed by atoms with E-state index in [4.69, 9.17) is 11.5 Å². The lowest BCUT2D eigenvalue weighted by Crippen LogP contribution is -2.36. The first-order chi connectivity index (χ1) is 6.77. The molecule has 0 rings (SSSR count). The summed E-state index contributed by atoms with van der Waals surface area (Å²) in [6.07, 6.45) is 0. The summed E-state index contributed by atoms with van der Waals surface area (Å²) in [6, 6.07) is 0. The molecular formula is C8H21N5O. The molecule has 0 aromatic heterocycles. The first-order valence-electron chi connectivity index (χ1n) is 4.88. The van der Waals surface area contributed by atoms with Crippen LogP contribution in [0.1, 0.15) is 0 Å². The third-order valence-electron chi connectivity index (χ3n) is 1.58. The third kappa shape index (κ3) is 11.3. The Morgan fingerprint density at radius 2 is 1.43 bits per heavy atom. The molecule has 14 heavy (non-hydrogen) atoms. The van der Waals surface area contributed by atoms with Crippen LogP contribution in [0.15, 0.2) is 0 Å². The summed E-state index contributed by atoms with van der Waals surface area (Å²) in [6.45, 7) is 5.15. The van der Waals surface area contributed by atoms with Crippen LogP contribution in [0.2, 0.25) is 0 Å². The van der Waals surface area contributed by atoms with E-state index < -0.39 is 0 Å². The molecule has 0 fully saturated rings. The molecule has 0 aromatic carbocycles. The Hall–Kier alpha value is -0.690. The van der Waals surface area contributed by atoms with E-state index in [0.29, 0.717) is 6.54 Å². The summed E-state index contributed by atoms with van der Waals surface area (Å²) in [7, 11) is 0. The largest absolute Gasteiger partial charge is 0.369 e. The molecule has 84 valence electrons. The van der Waals surface area contributed by atoms with Crippen LogP contribution < -0.4 is 27.4 Å². The lowest BCUT2D eigenvalue weighted by Gasteiger charge is -2.05. The summed E-state index contributed by atoms with van der Waals surface area (Å²) in [5.74, 6) is -0.324. The Balaban J connectivity index is 2.88. The first kappa shape index (κ1) is 13.3. The number of hydrogen-bond donors (Lipinski definition) is 5. The zero-order valence-corrected chi connectivity index (χ0v) is 8.51. The second-order valence-corrected chi connectivity index (χ2v) is 2.93. The van der Waals surface area contributed by atoms with Gasteiger partial charge in [0.05, 0.1) is 6.54 Å². The lowest BCUT2D eigenvalue weighted by molar-refractivity contribution is -0.117. The van der Waals surface area contributed by atoms with Crippen LogP contribution in [-0.2, 0) is 4.79 Å². The van der Waals surface area contributed by atoms with Gasteiger partial charge in [0.25, 0.3) is 0 Å². The molecule has 0 aliphatic rings. The quantitative estimate of drug-likeness (QED) is 0.247. The SMILES string of the molecule is NCCNCCNCCNCC(N)=O. The average Bonchev–Trinajstić information content (AvgIpc) is 2.15. The molecule has 0 aromatic rings. The molecule has 0 atom stereocenters. The van der Waals surface area contributed by atoms with Crippen molar-refractivity contribution in [3.8, 4) is 0 Å². The van der Waals surface area contributed by atoms with E-state index in [1.54, 1.807) is 0 Å². The molecule has 1 amide bonds. The second-order valence-electron chi connectivity index (χ2n) is 2.93. The van der Waals surface area contributed by atoms with Crippen molar-refractivity contribution >= 4 is 5.91 Å². The van der Waals surface area contributed by atoms with E-state index in [1.807, 2.05) is 0 Å². The summed E-state index contributed by atoms with van der Waals surface area (Å²) in [5.41, 5.74) is 10.2. The average molecular weight is 203 g/mol. The Morgan fingerprint density at radius 1 is 0.929 bits per heavy atom. The Morgan fingerprint density at radius 3 is 1.93 bits per heavy atom. The second kappa shape index (κ2) is 10.4. The Bertz CT molecular complexity index is 142. The molecule has 0 saturated heterocycles. The van der Waals surface area contributed by atoms with Gasteiger partial charge in [-0.2, -0.15) is 0 Å². The molecule has 0 saturated carbocycles. The van der Waals surface area contributed by atoms with Gasteiger partial charge in [-0.3, -0.25) is 4.79 Å². The molecular weight excluding hydrogens is 182 g/mol. The van der Waals surface area contributed by atoms with Crippen LogP contribution in [0.3, 0.4) is 0 Å². The summed E-state index contributed by atoms with van der Waals surface area (Å²) in [5, 5.41) is 9.27.